The second-order valence-corrected chi connectivity index (χ2v) is 5.92. The molecule has 4 heteroatoms. The van der Waals surface area contributed by atoms with Gasteiger partial charge in [-0.15, -0.1) is 0 Å². The molecule has 0 unspecified atom stereocenters. The van der Waals surface area contributed by atoms with E-state index < -0.39 is 5.97 Å². The van der Waals surface area contributed by atoms with Crippen LogP contribution < -0.4 is 0 Å². The standard InChI is InChI=1S/C19H20N2O2/c1-13-5-6-18-17(10-13)16(11-15-4-3-8-20-12-15)14(2)21(18)9-7-19(22)23/h3-6,8,10,12H,7,9,11H2,1-2H3,(H,22,23). The van der Waals surface area contributed by atoms with Crippen molar-refractivity contribution in [2.75, 3.05) is 0 Å². The van der Waals surface area contributed by atoms with Gasteiger partial charge >= 0.3 is 5.97 Å². The third kappa shape index (κ3) is 3.11. The first-order chi connectivity index (χ1) is 11.1. The molecule has 1 N–H and O–H groups in total. The van der Waals surface area contributed by atoms with E-state index in [9.17, 15) is 4.79 Å². The van der Waals surface area contributed by atoms with E-state index in [0.29, 0.717) is 6.54 Å². The van der Waals surface area contributed by atoms with Crippen molar-refractivity contribution in [1.82, 2.24) is 9.55 Å². The average Bonchev–Trinajstić information content (AvgIpc) is 2.78. The van der Waals surface area contributed by atoms with Crippen LogP contribution in [0.3, 0.4) is 0 Å². The number of nitrogens with zero attached hydrogens (tertiary/aromatic N) is 2. The Labute approximate surface area is 135 Å². The Bertz CT molecular complexity index is 851. The van der Waals surface area contributed by atoms with Crippen molar-refractivity contribution in [3.05, 3.63) is 65.1 Å². The Hall–Kier alpha value is -2.62. The summed E-state index contributed by atoms with van der Waals surface area (Å²) >= 11 is 0. The Morgan fingerprint density at radius 2 is 2.09 bits per heavy atom. The van der Waals surface area contributed by atoms with E-state index in [1.807, 2.05) is 12.3 Å². The summed E-state index contributed by atoms with van der Waals surface area (Å²) in [5.74, 6) is -0.771. The molecule has 0 radical (unpaired) electrons. The number of benzene rings is 1. The van der Waals surface area contributed by atoms with Crippen LogP contribution in [0.25, 0.3) is 10.9 Å². The molecule has 0 aliphatic heterocycles. The SMILES string of the molecule is Cc1ccc2c(c1)c(Cc1cccnc1)c(C)n2CCC(=O)O. The molecule has 118 valence electrons. The molecule has 0 amide bonds. The van der Waals surface area contributed by atoms with Crippen LogP contribution in [-0.4, -0.2) is 20.6 Å². The van der Waals surface area contributed by atoms with Gasteiger partial charge in [0, 0.05) is 42.0 Å². The van der Waals surface area contributed by atoms with Crippen molar-refractivity contribution < 1.29 is 9.90 Å². The van der Waals surface area contributed by atoms with Crippen molar-refractivity contribution in [3.63, 3.8) is 0 Å². The maximum Gasteiger partial charge on any atom is 0.305 e. The molecule has 2 aromatic heterocycles. The van der Waals surface area contributed by atoms with E-state index in [0.717, 1.165) is 23.2 Å². The molecule has 0 saturated carbocycles. The average molecular weight is 308 g/mol. The number of aryl methyl sites for hydroxylation is 2. The van der Waals surface area contributed by atoms with E-state index in [1.54, 1.807) is 6.20 Å². The minimum atomic E-state index is -0.771. The Kier molecular flexibility index (Phi) is 4.15. The van der Waals surface area contributed by atoms with E-state index in [-0.39, 0.29) is 6.42 Å². The second kappa shape index (κ2) is 6.24. The lowest BCUT2D eigenvalue weighted by Gasteiger charge is -2.07. The molecular formula is C19H20N2O2. The first kappa shape index (κ1) is 15.3. The zero-order valence-corrected chi connectivity index (χ0v) is 13.4. The van der Waals surface area contributed by atoms with Gasteiger partial charge in [-0.2, -0.15) is 0 Å². The first-order valence-electron chi connectivity index (χ1n) is 7.75. The van der Waals surface area contributed by atoms with Gasteiger partial charge in [-0.1, -0.05) is 17.7 Å². The van der Waals surface area contributed by atoms with Crippen LogP contribution in [0, 0.1) is 13.8 Å². The molecule has 1 aromatic carbocycles. The lowest BCUT2D eigenvalue weighted by Crippen LogP contribution is -2.06. The maximum atomic E-state index is 11.0. The van der Waals surface area contributed by atoms with E-state index in [4.69, 9.17) is 5.11 Å². The summed E-state index contributed by atoms with van der Waals surface area (Å²) in [4.78, 5) is 15.1. The molecule has 0 fully saturated rings. The zero-order valence-electron chi connectivity index (χ0n) is 13.4. The Morgan fingerprint density at radius 1 is 1.26 bits per heavy atom. The highest BCUT2D eigenvalue weighted by Crippen LogP contribution is 2.29. The summed E-state index contributed by atoms with van der Waals surface area (Å²) in [5.41, 5.74) is 5.86. The van der Waals surface area contributed by atoms with Crippen molar-refractivity contribution in [1.29, 1.82) is 0 Å². The largest absolute Gasteiger partial charge is 0.481 e. The normalized spacial score (nSPS) is 11.0. The van der Waals surface area contributed by atoms with Crippen LogP contribution in [0.5, 0.6) is 0 Å². The number of aliphatic carboxylic acids is 1. The predicted molar refractivity (Wildman–Crippen MR) is 90.7 cm³/mol. The molecule has 23 heavy (non-hydrogen) atoms. The molecule has 3 rings (SSSR count). The van der Waals surface area contributed by atoms with Crippen molar-refractivity contribution >= 4 is 16.9 Å². The third-order valence-electron chi connectivity index (χ3n) is 4.26. The molecule has 0 aliphatic rings. The maximum absolute atomic E-state index is 11.0. The lowest BCUT2D eigenvalue weighted by atomic mass is 10.0. The number of hydrogen-bond donors (Lipinski definition) is 1. The fourth-order valence-electron chi connectivity index (χ4n) is 3.09. The van der Waals surface area contributed by atoms with Crippen LogP contribution >= 0.6 is 0 Å². The van der Waals surface area contributed by atoms with Crippen molar-refractivity contribution in [3.8, 4) is 0 Å². The fourth-order valence-corrected chi connectivity index (χ4v) is 3.09. The van der Waals surface area contributed by atoms with Crippen molar-refractivity contribution in [2.24, 2.45) is 0 Å². The molecule has 0 saturated heterocycles. The van der Waals surface area contributed by atoms with E-state index in [1.165, 1.54) is 16.5 Å². The first-order valence-corrected chi connectivity index (χ1v) is 7.75. The van der Waals surface area contributed by atoms with Gasteiger partial charge in [0.15, 0.2) is 0 Å². The number of carboxylic acid groups (broad SMARTS) is 1. The van der Waals surface area contributed by atoms with Gasteiger partial charge in [0.1, 0.15) is 0 Å². The van der Waals surface area contributed by atoms with Gasteiger partial charge in [-0.05, 0) is 43.2 Å². The van der Waals surface area contributed by atoms with Gasteiger partial charge in [-0.3, -0.25) is 9.78 Å². The Morgan fingerprint density at radius 3 is 2.78 bits per heavy atom. The van der Waals surface area contributed by atoms with E-state index >= 15 is 0 Å². The number of rotatable bonds is 5. The Balaban J connectivity index is 2.10. The molecular weight excluding hydrogens is 288 g/mol. The summed E-state index contributed by atoms with van der Waals surface area (Å²) < 4.78 is 2.12. The molecule has 0 aliphatic carbocycles. The number of carboxylic acids is 1. The summed E-state index contributed by atoms with van der Waals surface area (Å²) in [6, 6.07) is 10.4. The number of fused-ring (bicyclic) bond motifs is 1. The van der Waals surface area contributed by atoms with Gasteiger partial charge in [0.25, 0.3) is 0 Å². The second-order valence-electron chi connectivity index (χ2n) is 5.92. The third-order valence-corrected chi connectivity index (χ3v) is 4.26. The predicted octanol–water partition coefficient (Wildman–Crippen LogP) is 3.72. The van der Waals surface area contributed by atoms with Crippen LogP contribution in [0.1, 0.15) is 28.8 Å². The molecule has 0 bridgehead atoms. The van der Waals surface area contributed by atoms with Crippen molar-refractivity contribution in [2.45, 2.75) is 33.2 Å². The van der Waals surface area contributed by atoms with Crippen LogP contribution in [0.15, 0.2) is 42.7 Å². The number of aromatic nitrogens is 2. The highest BCUT2D eigenvalue weighted by Gasteiger charge is 2.15. The highest BCUT2D eigenvalue weighted by atomic mass is 16.4. The minimum absolute atomic E-state index is 0.130. The molecule has 0 spiro atoms. The van der Waals surface area contributed by atoms with Gasteiger partial charge < -0.3 is 9.67 Å². The monoisotopic (exact) mass is 308 g/mol. The van der Waals surface area contributed by atoms with Gasteiger partial charge in [0.05, 0.1) is 6.42 Å². The number of carbonyl (C=O) groups is 1. The summed E-state index contributed by atoms with van der Waals surface area (Å²) in [6.45, 7) is 4.65. The number of pyridine rings is 1. The summed E-state index contributed by atoms with van der Waals surface area (Å²) in [5, 5.41) is 10.2. The smallest absolute Gasteiger partial charge is 0.305 e. The van der Waals surface area contributed by atoms with Crippen LogP contribution in [0.4, 0.5) is 0 Å². The zero-order chi connectivity index (χ0) is 16.4. The van der Waals surface area contributed by atoms with Crippen LogP contribution in [0.2, 0.25) is 0 Å². The van der Waals surface area contributed by atoms with Crippen LogP contribution in [-0.2, 0) is 17.8 Å². The molecule has 3 aromatic rings. The molecule has 0 atom stereocenters. The lowest BCUT2D eigenvalue weighted by molar-refractivity contribution is -0.137. The van der Waals surface area contributed by atoms with Gasteiger partial charge in [0.2, 0.25) is 0 Å². The molecule has 4 nitrogen and oxygen atoms in total. The number of hydrogen-bond acceptors (Lipinski definition) is 2. The van der Waals surface area contributed by atoms with Gasteiger partial charge in [-0.25, -0.2) is 0 Å². The fraction of sp³-hybridized carbons (Fsp3) is 0.263. The summed E-state index contributed by atoms with van der Waals surface area (Å²) in [6.07, 6.45) is 4.59. The quantitative estimate of drug-likeness (QED) is 0.781. The molecule has 2 heterocycles. The summed E-state index contributed by atoms with van der Waals surface area (Å²) in [7, 11) is 0. The minimum Gasteiger partial charge on any atom is -0.481 e. The highest BCUT2D eigenvalue weighted by molar-refractivity contribution is 5.86. The van der Waals surface area contributed by atoms with E-state index in [2.05, 4.69) is 47.7 Å². The topological polar surface area (TPSA) is 55.1 Å².